The molecular weight excluding hydrogens is 256 g/mol. The summed E-state index contributed by atoms with van der Waals surface area (Å²) in [6, 6.07) is 8.28. The fraction of sp³-hybridized carbons (Fsp3) is 0.533. The zero-order chi connectivity index (χ0) is 14.3. The van der Waals surface area contributed by atoms with Gasteiger partial charge >= 0.3 is 0 Å². The van der Waals surface area contributed by atoms with Crippen LogP contribution in [0.4, 0.5) is 0 Å². The third-order valence-corrected chi connectivity index (χ3v) is 5.55. The van der Waals surface area contributed by atoms with Gasteiger partial charge in [0.25, 0.3) is 0 Å². The Balaban J connectivity index is 2.28. The summed E-state index contributed by atoms with van der Waals surface area (Å²) in [6.07, 6.45) is 0.826. The van der Waals surface area contributed by atoms with Crippen LogP contribution in [0.25, 0.3) is 0 Å². The van der Waals surface area contributed by atoms with Gasteiger partial charge in [-0.05, 0) is 49.3 Å². The predicted octanol–water partition coefficient (Wildman–Crippen LogP) is 3.76. The molecule has 0 amide bonds. The Hall–Kier alpha value is -1.13. The van der Waals surface area contributed by atoms with Crippen LogP contribution >= 0.6 is 0 Å². The number of hydrogen-bond donors (Lipinski definition) is 0. The van der Waals surface area contributed by atoms with Crippen molar-refractivity contribution in [3.05, 3.63) is 29.8 Å². The monoisotopic (exact) mass is 280 g/mol. The Morgan fingerprint density at radius 2 is 1.79 bits per heavy atom. The second-order valence-electron chi connectivity index (χ2n) is 5.74. The molecule has 0 saturated carbocycles. The summed E-state index contributed by atoms with van der Waals surface area (Å²) in [7, 11) is -1.55. The molecule has 0 saturated heterocycles. The van der Waals surface area contributed by atoms with Crippen LogP contribution in [0.15, 0.2) is 24.3 Å². The molecule has 0 spiro atoms. The van der Waals surface area contributed by atoms with Crippen molar-refractivity contribution < 1.29 is 14.0 Å². The van der Waals surface area contributed by atoms with Gasteiger partial charge in [-0.25, -0.2) is 0 Å². The van der Waals surface area contributed by atoms with Crippen LogP contribution < -0.4 is 4.74 Å². The van der Waals surface area contributed by atoms with Crippen LogP contribution in [0.3, 0.4) is 0 Å². The molecule has 0 bridgehead atoms. The van der Waals surface area contributed by atoms with E-state index in [1.807, 2.05) is 0 Å². The molecule has 0 N–H and O–H groups in total. The highest BCUT2D eigenvalue weighted by molar-refractivity contribution is 6.71. The molecule has 0 radical (unpaired) electrons. The minimum absolute atomic E-state index is 0.551. The number of carbonyl (C=O) groups excluding carboxylic acids is 1. The quantitative estimate of drug-likeness (QED) is 0.413. The number of benzene rings is 1. The highest BCUT2D eigenvalue weighted by Crippen LogP contribution is 2.17. The van der Waals surface area contributed by atoms with Crippen molar-refractivity contribution >= 4 is 14.6 Å². The van der Waals surface area contributed by atoms with E-state index in [1.165, 1.54) is 6.04 Å². The minimum Gasteiger partial charge on any atom is -0.491 e. The van der Waals surface area contributed by atoms with E-state index in [9.17, 15) is 4.79 Å². The molecule has 4 heteroatoms. The number of carbonyl (C=O) groups is 1. The van der Waals surface area contributed by atoms with Crippen LogP contribution in [-0.4, -0.2) is 27.8 Å². The van der Waals surface area contributed by atoms with Gasteiger partial charge in [0.05, 0.1) is 6.61 Å². The van der Waals surface area contributed by atoms with Crippen molar-refractivity contribution in [2.45, 2.75) is 33.0 Å². The Morgan fingerprint density at radius 1 is 1.16 bits per heavy atom. The molecule has 0 aliphatic rings. The molecule has 106 valence electrons. The normalized spacial score (nSPS) is 11.6. The van der Waals surface area contributed by atoms with Crippen LogP contribution in [0.2, 0.25) is 19.1 Å². The zero-order valence-electron chi connectivity index (χ0n) is 12.3. The fourth-order valence-corrected chi connectivity index (χ4v) is 4.88. The van der Waals surface area contributed by atoms with Gasteiger partial charge < -0.3 is 9.16 Å². The number of aldehydes is 1. The van der Waals surface area contributed by atoms with E-state index >= 15 is 0 Å². The third-order valence-electron chi connectivity index (χ3n) is 2.76. The molecule has 1 rings (SSSR count). The summed E-state index contributed by atoms with van der Waals surface area (Å²) in [6.45, 7) is 10.1. The Morgan fingerprint density at radius 3 is 2.32 bits per heavy atom. The molecule has 0 unspecified atom stereocenters. The molecule has 1 aromatic rings. The first-order valence-electron chi connectivity index (χ1n) is 6.75. The zero-order valence-corrected chi connectivity index (χ0v) is 13.3. The van der Waals surface area contributed by atoms with Crippen LogP contribution in [-0.2, 0) is 4.43 Å². The molecule has 1 aromatic carbocycles. The SMILES string of the molecule is CC(C)C[Si](C)(C)OCCOc1ccc(C=O)cc1. The lowest BCUT2D eigenvalue weighted by atomic mass is 10.2. The van der Waals surface area contributed by atoms with Crippen molar-refractivity contribution in [3.8, 4) is 5.75 Å². The predicted molar refractivity (Wildman–Crippen MR) is 80.4 cm³/mol. The van der Waals surface area contributed by atoms with E-state index < -0.39 is 8.32 Å². The largest absolute Gasteiger partial charge is 0.491 e. The highest BCUT2D eigenvalue weighted by Gasteiger charge is 2.23. The van der Waals surface area contributed by atoms with Gasteiger partial charge in [-0.2, -0.15) is 0 Å². The minimum atomic E-state index is -1.55. The lowest BCUT2D eigenvalue weighted by Crippen LogP contribution is -2.33. The fourth-order valence-electron chi connectivity index (χ4n) is 2.16. The van der Waals surface area contributed by atoms with Crippen molar-refractivity contribution in [1.29, 1.82) is 0 Å². The van der Waals surface area contributed by atoms with E-state index in [0.29, 0.717) is 24.7 Å². The van der Waals surface area contributed by atoms with Gasteiger partial charge in [-0.3, -0.25) is 4.79 Å². The van der Waals surface area contributed by atoms with Gasteiger partial charge in [0.15, 0.2) is 8.32 Å². The van der Waals surface area contributed by atoms with Gasteiger partial charge in [-0.15, -0.1) is 0 Å². The summed E-state index contributed by atoms with van der Waals surface area (Å²) < 4.78 is 11.6. The Kier molecular flexibility index (Phi) is 6.25. The van der Waals surface area contributed by atoms with Crippen LogP contribution in [0.1, 0.15) is 24.2 Å². The van der Waals surface area contributed by atoms with E-state index in [0.717, 1.165) is 12.0 Å². The lowest BCUT2D eigenvalue weighted by molar-refractivity contribution is 0.112. The van der Waals surface area contributed by atoms with Gasteiger partial charge in [-0.1, -0.05) is 13.8 Å². The van der Waals surface area contributed by atoms with Gasteiger partial charge in [0, 0.05) is 5.56 Å². The first kappa shape index (κ1) is 15.9. The first-order chi connectivity index (χ1) is 8.93. The average Bonchev–Trinajstić information content (AvgIpc) is 2.34. The molecule has 0 aliphatic heterocycles. The summed E-state index contributed by atoms with van der Waals surface area (Å²) in [5.74, 6) is 1.45. The molecule has 3 nitrogen and oxygen atoms in total. The van der Waals surface area contributed by atoms with Gasteiger partial charge in [0.2, 0.25) is 0 Å². The summed E-state index contributed by atoms with van der Waals surface area (Å²) in [5.41, 5.74) is 0.661. The lowest BCUT2D eigenvalue weighted by Gasteiger charge is -2.24. The van der Waals surface area contributed by atoms with E-state index in [4.69, 9.17) is 9.16 Å². The maximum Gasteiger partial charge on any atom is 0.187 e. The van der Waals surface area contributed by atoms with E-state index in [-0.39, 0.29) is 0 Å². The number of hydrogen-bond acceptors (Lipinski definition) is 3. The van der Waals surface area contributed by atoms with Crippen LogP contribution in [0.5, 0.6) is 5.75 Å². The number of rotatable bonds is 8. The van der Waals surface area contributed by atoms with Crippen molar-refractivity contribution in [1.82, 2.24) is 0 Å². The first-order valence-corrected chi connectivity index (χ1v) is 9.86. The second kappa shape index (κ2) is 7.45. The molecule has 0 aromatic heterocycles. The highest BCUT2D eigenvalue weighted by atomic mass is 28.4. The van der Waals surface area contributed by atoms with Crippen molar-refractivity contribution in [3.63, 3.8) is 0 Å². The Bertz CT molecular complexity index is 385. The standard InChI is InChI=1S/C15H24O3Si/c1-13(2)12-19(3,4)18-10-9-17-15-7-5-14(11-16)6-8-15/h5-8,11,13H,9-10,12H2,1-4H3. The van der Waals surface area contributed by atoms with Crippen molar-refractivity contribution in [2.24, 2.45) is 5.92 Å². The van der Waals surface area contributed by atoms with E-state index in [1.54, 1.807) is 24.3 Å². The molecule has 0 heterocycles. The smallest absolute Gasteiger partial charge is 0.187 e. The molecule has 0 aliphatic carbocycles. The Labute approximate surface area is 117 Å². The van der Waals surface area contributed by atoms with E-state index in [2.05, 4.69) is 26.9 Å². The molecule has 19 heavy (non-hydrogen) atoms. The van der Waals surface area contributed by atoms with Crippen LogP contribution in [0, 0.1) is 5.92 Å². The molecular formula is C15H24O3Si. The second-order valence-corrected chi connectivity index (χ2v) is 9.96. The summed E-state index contributed by atoms with van der Waals surface area (Å²) in [4.78, 5) is 10.5. The maximum absolute atomic E-state index is 10.5. The maximum atomic E-state index is 10.5. The summed E-state index contributed by atoms with van der Waals surface area (Å²) >= 11 is 0. The third kappa shape index (κ3) is 6.54. The topological polar surface area (TPSA) is 35.5 Å². The van der Waals surface area contributed by atoms with Gasteiger partial charge in [0.1, 0.15) is 18.6 Å². The number of ether oxygens (including phenoxy) is 1. The summed E-state index contributed by atoms with van der Waals surface area (Å²) in [5, 5.41) is 0. The average molecular weight is 280 g/mol. The van der Waals surface area contributed by atoms with Crippen molar-refractivity contribution in [2.75, 3.05) is 13.2 Å². The molecule has 0 fully saturated rings. The molecule has 0 atom stereocenters.